The summed E-state index contributed by atoms with van der Waals surface area (Å²) in [5.74, 6) is 1.13. The number of fused-ring (bicyclic) bond motifs is 3. The molecule has 1 saturated heterocycles. The van der Waals surface area contributed by atoms with Crippen LogP contribution in [0.5, 0.6) is 5.75 Å². The third kappa shape index (κ3) is 2.74. The van der Waals surface area contributed by atoms with Crippen molar-refractivity contribution < 1.29 is 5.11 Å². The van der Waals surface area contributed by atoms with E-state index in [1.54, 1.807) is 0 Å². The average Bonchev–Trinajstić information content (AvgIpc) is 2.45. The number of allylic oxidation sites excluding steroid dienone is 1. The van der Waals surface area contributed by atoms with E-state index >= 15 is 0 Å². The summed E-state index contributed by atoms with van der Waals surface area (Å²) >= 11 is 0. The first-order valence-electron chi connectivity index (χ1n) is 8.17. The van der Waals surface area contributed by atoms with E-state index in [1.807, 2.05) is 12.1 Å². The van der Waals surface area contributed by atoms with E-state index < -0.39 is 0 Å². The van der Waals surface area contributed by atoms with E-state index in [-0.39, 0.29) is 5.41 Å². The predicted octanol–water partition coefficient (Wildman–Crippen LogP) is 3.88. The molecule has 2 aliphatic rings. The Morgan fingerprint density at radius 3 is 3.00 bits per heavy atom. The van der Waals surface area contributed by atoms with Gasteiger partial charge >= 0.3 is 0 Å². The summed E-state index contributed by atoms with van der Waals surface area (Å²) in [6, 6.07) is 5.99. The molecule has 1 fully saturated rings. The molecule has 0 saturated carbocycles. The minimum Gasteiger partial charge on any atom is -0.508 e. The molecule has 1 aromatic rings. The van der Waals surface area contributed by atoms with Crippen LogP contribution in [0, 0.1) is 5.92 Å². The first-order valence-corrected chi connectivity index (χ1v) is 8.17. The van der Waals surface area contributed by atoms with E-state index in [9.17, 15) is 5.11 Å². The zero-order valence-electron chi connectivity index (χ0n) is 13.5. The van der Waals surface area contributed by atoms with E-state index in [1.165, 1.54) is 36.1 Å². The maximum absolute atomic E-state index is 9.87. The lowest BCUT2D eigenvalue weighted by atomic mass is 9.61. The molecule has 3 rings (SSSR count). The van der Waals surface area contributed by atoms with E-state index in [0.29, 0.717) is 11.7 Å². The van der Waals surface area contributed by atoms with Crippen molar-refractivity contribution in [3.63, 3.8) is 0 Å². The Kier molecular flexibility index (Phi) is 3.83. The first-order chi connectivity index (χ1) is 9.99. The lowest BCUT2D eigenvalue weighted by molar-refractivity contribution is 0.0956. The highest BCUT2D eigenvalue weighted by atomic mass is 16.3. The van der Waals surface area contributed by atoms with Crippen molar-refractivity contribution in [2.24, 2.45) is 5.92 Å². The van der Waals surface area contributed by atoms with Crippen LogP contribution < -0.4 is 0 Å². The highest BCUT2D eigenvalue weighted by Gasteiger charge is 2.43. The van der Waals surface area contributed by atoms with Gasteiger partial charge in [-0.3, -0.25) is 4.90 Å². The number of aromatic hydroxyl groups is 1. The minimum absolute atomic E-state index is 0.244. The second kappa shape index (κ2) is 5.49. The van der Waals surface area contributed by atoms with Crippen LogP contribution in [0.1, 0.15) is 44.7 Å². The molecule has 0 radical (unpaired) electrons. The Morgan fingerprint density at radius 2 is 2.24 bits per heavy atom. The fraction of sp³-hybridized carbons (Fsp3) is 0.579. The van der Waals surface area contributed by atoms with Gasteiger partial charge in [-0.05, 0) is 74.2 Å². The highest BCUT2D eigenvalue weighted by Crippen LogP contribution is 2.47. The molecule has 2 heteroatoms. The van der Waals surface area contributed by atoms with E-state index in [0.717, 1.165) is 19.5 Å². The third-order valence-electron chi connectivity index (χ3n) is 5.56. The molecule has 2 nitrogen and oxygen atoms in total. The molecule has 0 aromatic heterocycles. The minimum atomic E-state index is 0.244. The van der Waals surface area contributed by atoms with Gasteiger partial charge in [-0.15, -0.1) is 0 Å². The number of likely N-dealkylation sites (tertiary alicyclic amines) is 1. The molecule has 1 aliphatic heterocycles. The maximum Gasteiger partial charge on any atom is 0.115 e. The number of rotatable bonds is 2. The number of benzene rings is 1. The van der Waals surface area contributed by atoms with Crippen molar-refractivity contribution >= 4 is 0 Å². The lowest BCUT2D eigenvalue weighted by Crippen LogP contribution is -2.50. The van der Waals surface area contributed by atoms with E-state index in [2.05, 4.69) is 37.8 Å². The van der Waals surface area contributed by atoms with Crippen LogP contribution in [-0.2, 0) is 11.8 Å². The Morgan fingerprint density at radius 1 is 1.43 bits per heavy atom. The van der Waals surface area contributed by atoms with Gasteiger partial charge in [0, 0.05) is 13.1 Å². The Labute approximate surface area is 128 Å². The van der Waals surface area contributed by atoms with Crippen LogP contribution in [0.15, 0.2) is 29.8 Å². The molecule has 2 atom stereocenters. The second-order valence-electron chi connectivity index (χ2n) is 7.29. The standard InChI is InChI=1S/C19H27NO/c1-14(2)8-10-20-11-9-19(3)16(13-20)6-4-15-5-7-17(21)12-18(15)19/h5,7-8,12,16,21H,4,6,9-11,13H2,1-3H3/t16-,19+/m1/s1. The average molecular weight is 285 g/mol. The van der Waals surface area contributed by atoms with Crippen LogP contribution in [0.2, 0.25) is 0 Å². The molecule has 21 heavy (non-hydrogen) atoms. The molecule has 0 unspecified atom stereocenters. The number of nitrogens with zero attached hydrogens (tertiary/aromatic N) is 1. The molecule has 1 aromatic carbocycles. The van der Waals surface area contributed by atoms with Gasteiger partial charge in [0.1, 0.15) is 5.75 Å². The molecule has 0 amide bonds. The smallest absolute Gasteiger partial charge is 0.115 e. The van der Waals surface area contributed by atoms with Crippen molar-refractivity contribution in [1.29, 1.82) is 0 Å². The van der Waals surface area contributed by atoms with Crippen molar-refractivity contribution in [3.05, 3.63) is 41.0 Å². The molecule has 1 heterocycles. The van der Waals surface area contributed by atoms with Gasteiger partial charge in [-0.2, -0.15) is 0 Å². The zero-order valence-corrected chi connectivity index (χ0v) is 13.5. The summed E-state index contributed by atoms with van der Waals surface area (Å²) in [7, 11) is 0. The van der Waals surface area contributed by atoms with Crippen LogP contribution in [0.25, 0.3) is 0 Å². The van der Waals surface area contributed by atoms with Gasteiger partial charge in [0.15, 0.2) is 0 Å². The fourth-order valence-corrected chi connectivity index (χ4v) is 4.08. The summed E-state index contributed by atoms with van der Waals surface area (Å²) in [5, 5.41) is 9.87. The van der Waals surface area contributed by atoms with Gasteiger partial charge in [0.2, 0.25) is 0 Å². The van der Waals surface area contributed by atoms with Gasteiger partial charge in [-0.25, -0.2) is 0 Å². The number of aryl methyl sites for hydroxylation is 1. The van der Waals surface area contributed by atoms with Gasteiger partial charge in [-0.1, -0.05) is 24.6 Å². The maximum atomic E-state index is 9.87. The van der Waals surface area contributed by atoms with Crippen molar-refractivity contribution in [1.82, 2.24) is 4.90 Å². The van der Waals surface area contributed by atoms with Crippen molar-refractivity contribution in [2.75, 3.05) is 19.6 Å². The number of piperidine rings is 1. The van der Waals surface area contributed by atoms with Crippen molar-refractivity contribution in [2.45, 2.75) is 45.4 Å². The summed E-state index contributed by atoms with van der Waals surface area (Å²) in [6.45, 7) is 10.2. The van der Waals surface area contributed by atoms with Crippen LogP contribution in [-0.4, -0.2) is 29.6 Å². The number of phenols is 1. The Balaban J connectivity index is 1.82. The fourth-order valence-electron chi connectivity index (χ4n) is 4.08. The molecular formula is C19H27NO. The highest BCUT2D eigenvalue weighted by molar-refractivity contribution is 5.42. The van der Waals surface area contributed by atoms with Crippen molar-refractivity contribution in [3.8, 4) is 5.75 Å². The van der Waals surface area contributed by atoms with Gasteiger partial charge in [0.25, 0.3) is 0 Å². The largest absolute Gasteiger partial charge is 0.508 e. The molecule has 1 N–H and O–H groups in total. The van der Waals surface area contributed by atoms with Crippen LogP contribution >= 0.6 is 0 Å². The van der Waals surface area contributed by atoms with Crippen LogP contribution in [0.3, 0.4) is 0 Å². The number of phenolic OH excluding ortho intramolecular Hbond substituents is 1. The monoisotopic (exact) mass is 285 g/mol. The molecule has 0 bridgehead atoms. The first kappa shape index (κ1) is 14.6. The molecule has 114 valence electrons. The summed E-state index contributed by atoms with van der Waals surface area (Å²) in [4.78, 5) is 2.59. The summed E-state index contributed by atoms with van der Waals surface area (Å²) in [6.07, 6.45) is 5.97. The Bertz CT molecular complexity index is 559. The molecule has 1 aliphatic carbocycles. The number of hydrogen-bond donors (Lipinski definition) is 1. The van der Waals surface area contributed by atoms with Crippen LogP contribution in [0.4, 0.5) is 0 Å². The zero-order chi connectivity index (χ0) is 15.0. The Hall–Kier alpha value is -1.28. The molecular weight excluding hydrogens is 258 g/mol. The van der Waals surface area contributed by atoms with E-state index in [4.69, 9.17) is 0 Å². The SMILES string of the molecule is CC(C)=CCN1CC[C@]2(C)c3cc(O)ccc3CC[C@@H]2C1. The summed E-state index contributed by atoms with van der Waals surface area (Å²) < 4.78 is 0. The predicted molar refractivity (Wildman–Crippen MR) is 87.8 cm³/mol. The second-order valence-corrected chi connectivity index (χ2v) is 7.29. The lowest BCUT2D eigenvalue weighted by Gasteiger charge is -2.49. The topological polar surface area (TPSA) is 23.5 Å². The number of hydrogen-bond acceptors (Lipinski definition) is 2. The summed E-state index contributed by atoms with van der Waals surface area (Å²) in [5.41, 5.74) is 4.50. The van der Waals surface area contributed by atoms with Gasteiger partial charge < -0.3 is 5.11 Å². The molecule has 0 spiro atoms. The normalized spacial score (nSPS) is 28.6. The quantitative estimate of drug-likeness (QED) is 0.833. The van der Waals surface area contributed by atoms with Gasteiger partial charge in [0.05, 0.1) is 0 Å². The third-order valence-corrected chi connectivity index (χ3v) is 5.56.